The fourth-order valence-corrected chi connectivity index (χ4v) is 1.62. The van der Waals surface area contributed by atoms with E-state index in [9.17, 15) is 8.78 Å². The van der Waals surface area contributed by atoms with Gasteiger partial charge in [-0.3, -0.25) is 0 Å². The molecule has 0 unspecified atom stereocenters. The molecule has 0 aliphatic rings. The molecule has 1 N–H and O–H groups in total. The van der Waals surface area contributed by atoms with Crippen LogP contribution in [-0.2, 0) is 6.61 Å². The van der Waals surface area contributed by atoms with Gasteiger partial charge in [-0.05, 0) is 24.3 Å². The van der Waals surface area contributed by atoms with E-state index in [-0.39, 0.29) is 17.9 Å². The summed E-state index contributed by atoms with van der Waals surface area (Å²) in [5, 5.41) is 9.03. The van der Waals surface area contributed by atoms with Crippen LogP contribution in [0.25, 0.3) is 11.3 Å². The molecule has 0 atom stereocenters. The Hall–Kier alpha value is -2.01. The standard InChI is InChI=1S/C13H11F2NO2/c1-18-11-6-5-8(7-17)16-13(11)9-3-2-4-10(14)12(9)15/h2-6,17H,7H2,1H3. The lowest BCUT2D eigenvalue weighted by molar-refractivity contribution is 0.276. The van der Waals surface area contributed by atoms with Crippen molar-refractivity contribution in [2.75, 3.05) is 7.11 Å². The summed E-state index contributed by atoms with van der Waals surface area (Å²) in [6.07, 6.45) is 0. The topological polar surface area (TPSA) is 42.4 Å². The highest BCUT2D eigenvalue weighted by Crippen LogP contribution is 2.30. The monoisotopic (exact) mass is 251 g/mol. The van der Waals surface area contributed by atoms with Gasteiger partial charge in [0.1, 0.15) is 11.4 Å². The summed E-state index contributed by atoms with van der Waals surface area (Å²) in [5.41, 5.74) is 0.526. The number of hydrogen-bond donors (Lipinski definition) is 1. The molecule has 0 fully saturated rings. The molecule has 0 saturated heterocycles. The van der Waals surface area contributed by atoms with Gasteiger partial charge in [0.05, 0.1) is 19.4 Å². The third kappa shape index (κ3) is 2.17. The molecule has 0 spiro atoms. The Morgan fingerprint density at radius 1 is 1.22 bits per heavy atom. The highest BCUT2D eigenvalue weighted by molar-refractivity contribution is 5.67. The normalized spacial score (nSPS) is 10.4. The van der Waals surface area contributed by atoms with Crippen molar-refractivity contribution < 1.29 is 18.6 Å². The third-order valence-electron chi connectivity index (χ3n) is 2.50. The van der Waals surface area contributed by atoms with Gasteiger partial charge in [-0.15, -0.1) is 0 Å². The summed E-state index contributed by atoms with van der Waals surface area (Å²) in [5.74, 6) is -1.62. The molecule has 2 rings (SSSR count). The van der Waals surface area contributed by atoms with Gasteiger partial charge in [0.15, 0.2) is 11.6 Å². The highest BCUT2D eigenvalue weighted by Gasteiger charge is 2.15. The lowest BCUT2D eigenvalue weighted by Crippen LogP contribution is -1.98. The van der Waals surface area contributed by atoms with Crippen molar-refractivity contribution in [1.29, 1.82) is 0 Å². The molecule has 5 heteroatoms. The maximum absolute atomic E-state index is 13.7. The number of methoxy groups -OCH3 is 1. The SMILES string of the molecule is COc1ccc(CO)nc1-c1cccc(F)c1F. The van der Waals surface area contributed by atoms with Crippen LogP contribution in [0.1, 0.15) is 5.69 Å². The smallest absolute Gasteiger partial charge is 0.168 e. The minimum atomic E-state index is -0.988. The number of aliphatic hydroxyl groups is 1. The van der Waals surface area contributed by atoms with Crippen molar-refractivity contribution in [2.24, 2.45) is 0 Å². The molecule has 1 aromatic heterocycles. The van der Waals surface area contributed by atoms with Crippen LogP contribution < -0.4 is 4.74 Å². The van der Waals surface area contributed by atoms with Crippen molar-refractivity contribution in [3.63, 3.8) is 0 Å². The molecular formula is C13H11F2NO2. The average Bonchev–Trinajstić information content (AvgIpc) is 2.41. The zero-order valence-electron chi connectivity index (χ0n) is 9.65. The maximum Gasteiger partial charge on any atom is 0.168 e. The van der Waals surface area contributed by atoms with Crippen LogP contribution in [0.15, 0.2) is 30.3 Å². The molecule has 1 heterocycles. The van der Waals surface area contributed by atoms with E-state index in [2.05, 4.69) is 4.98 Å². The van der Waals surface area contributed by atoms with E-state index in [4.69, 9.17) is 9.84 Å². The van der Waals surface area contributed by atoms with Gasteiger partial charge < -0.3 is 9.84 Å². The summed E-state index contributed by atoms with van der Waals surface area (Å²) in [6.45, 7) is -0.284. The minimum absolute atomic E-state index is 0.00199. The van der Waals surface area contributed by atoms with Gasteiger partial charge in [0, 0.05) is 5.56 Å². The van der Waals surface area contributed by atoms with E-state index in [1.54, 1.807) is 12.1 Å². The van der Waals surface area contributed by atoms with E-state index in [0.717, 1.165) is 6.07 Å². The second-order valence-corrected chi connectivity index (χ2v) is 3.61. The van der Waals surface area contributed by atoms with Crippen molar-refractivity contribution >= 4 is 0 Å². The summed E-state index contributed by atoms with van der Waals surface area (Å²) in [4.78, 5) is 4.05. The maximum atomic E-state index is 13.7. The predicted molar refractivity (Wildman–Crippen MR) is 62.1 cm³/mol. The fourth-order valence-electron chi connectivity index (χ4n) is 1.62. The van der Waals surface area contributed by atoms with E-state index in [1.165, 1.54) is 19.2 Å². The number of aliphatic hydroxyl groups excluding tert-OH is 1. The molecule has 0 bridgehead atoms. The largest absolute Gasteiger partial charge is 0.494 e. The number of rotatable bonds is 3. The molecular weight excluding hydrogens is 240 g/mol. The zero-order valence-corrected chi connectivity index (χ0v) is 9.65. The van der Waals surface area contributed by atoms with Crippen molar-refractivity contribution in [3.8, 4) is 17.0 Å². The molecule has 3 nitrogen and oxygen atoms in total. The van der Waals surface area contributed by atoms with Gasteiger partial charge >= 0.3 is 0 Å². The number of aromatic nitrogens is 1. The molecule has 0 amide bonds. The Labute approximate surface area is 103 Å². The third-order valence-corrected chi connectivity index (χ3v) is 2.50. The number of hydrogen-bond acceptors (Lipinski definition) is 3. The van der Waals surface area contributed by atoms with E-state index < -0.39 is 11.6 Å². The Morgan fingerprint density at radius 3 is 2.67 bits per heavy atom. The van der Waals surface area contributed by atoms with Crippen molar-refractivity contribution in [2.45, 2.75) is 6.61 Å². The lowest BCUT2D eigenvalue weighted by atomic mass is 10.1. The molecule has 0 radical (unpaired) electrons. The first kappa shape index (κ1) is 12.4. The van der Waals surface area contributed by atoms with Crippen molar-refractivity contribution in [1.82, 2.24) is 4.98 Å². The van der Waals surface area contributed by atoms with Crippen LogP contribution in [0.3, 0.4) is 0 Å². The van der Waals surface area contributed by atoms with Gasteiger partial charge in [-0.2, -0.15) is 0 Å². The Bertz CT molecular complexity index is 573. The average molecular weight is 251 g/mol. The van der Waals surface area contributed by atoms with E-state index in [0.29, 0.717) is 11.4 Å². The van der Waals surface area contributed by atoms with E-state index >= 15 is 0 Å². The quantitative estimate of drug-likeness (QED) is 0.911. The fraction of sp³-hybridized carbons (Fsp3) is 0.154. The van der Waals surface area contributed by atoms with Crippen LogP contribution in [0.4, 0.5) is 8.78 Å². The molecule has 1 aromatic carbocycles. The first-order valence-corrected chi connectivity index (χ1v) is 5.26. The molecule has 0 aliphatic carbocycles. The molecule has 0 aliphatic heterocycles. The second kappa shape index (κ2) is 5.10. The van der Waals surface area contributed by atoms with Crippen molar-refractivity contribution in [3.05, 3.63) is 47.7 Å². The van der Waals surface area contributed by atoms with Crippen LogP contribution in [0, 0.1) is 11.6 Å². The lowest BCUT2D eigenvalue weighted by Gasteiger charge is -2.10. The molecule has 0 saturated carbocycles. The van der Waals surface area contributed by atoms with Gasteiger partial charge in [0.25, 0.3) is 0 Å². The number of benzene rings is 1. The molecule has 18 heavy (non-hydrogen) atoms. The Balaban J connectivity index is 2.64. The van der Waals surface area contributed by atoms with Crippen LogP contribution in [-0.4, -0.2) is 17.2 Å². The first-order chi connectivity index (χ1) is 8.67. The van der Waals surface area contributed by atoms with Crippen LogP contribution in [0.2, 0.25) is 0 Å². The Morgan fingerprint density at radius 2 is 2.00 bits per heavy atom. The number of nitrogens with zero attached hydrogens (tertiary/aromatic N) is 1. The highest BCUT2D eigenvalue weighted by atomic mass is 19.2. The van der Waals surface area contributed by atoms with Crippen LogP contribution >= 0.6 is 0 Å². The summed E-state index contributed by atoms with van der Waals surface area (Å²) in [7, 11) is 1.41. The number of ether oxygens (including phenoxy) is 1. The number of halogens is 2. The summed E-state index contributed by atoms with van der Waals surface area (Å²) < 4.78 is 32.0. The minimum Gasteiger partial charge on any atom is -0.494 e. The molecule has 2 aromatic rings. The molecule has 94 valence electrons. The van der Waals surface area contributed by atoms with Gasteiger partial charge in [-0.1, -0.05) is 6.07 Å². The van der Waals surface area contributed by atoms with Gasteiger partial charge in [-0.25, -0.2) is 13.8 Å². The summed E-state index contributed by atoms with van der Waals surface area (Å²) >= 11 is 0. The number of pyridine rings is 1. The summed E-state index contributed by atoms with van der Waals surface area (Å²) in [6, 6.07) is 6.93. The van der Waals surface area contributed by atoms with Gasteiger partial charge in [0.2, 0.25) is 0 Å². The zero-order chi connectivity index (χ0) is 13.1. The first-order valence-electron chi connectivity index (χ1n) is 5.26. The van der Waals surface area contributed by atoms with E-state index in [1.807, 2.05) is 0 Å². The second-order valence-electron chi connectivity index (χ2n) is 3.61. The predicted octanol–water partition coefficient (Wildman–Crippen LogP) is 2.53. The Kier molecular flexibility index (Phi) is 3.53. The van der Waals surface area contributed by atoms with Crippen LogP contribution in [0.5, 0.6) is 5.75 Å².